The summed E-state index contributed by atoms with van der Waals surface area (Å²) < 4.78 is 23.1. The van der Waals surface area contributed by atoms with Crippen LogP contribution < -0.4 is 0 Å². The molecule has 3 aliphatic rings. The molecule has 7 rings (SSSR count). The highest BCUT2D eigenvalue weighted by atomic mass is 16.6. The maximum atomic E-state index is 14.4. The number of phenols is 8. The Bertz CT molecular complexity index is 2510. The maximum Gasteiger partial charge on any atom is 0.348 e. The van der Waals surface area contributed by atoms with Crippen molar-refractivity contribution in [3.8, 4) is 46.0 Å². The van der Waals surface area contributed by atoms with Gasteiger partial charge >= 0.3 is 29.8 Å². The van der Waals surface area contributed by atoms with Crippen molar-refractivity contribution in [2.75, 3.05) is 0 Å². The molecular weight excluding hydrogens is 804 g/mol. The molecular formula is C43H36O18. The number of carbonyl (C=O) groups is 5. The topological polar surface area (TPSA) is 304 Å². The van der Waals surface area contributed by atoms with Gasteiger partial charge in [0.25, 0.3) is 0 Å². The molecule has 8 atom stereocenters. The standard InChI is InChI=1S/C43H36O18/c44-23-7-1-19(13-27(23)48)3-11-33(52)58-31-17-43(42(56)57)18-32(39(31)60-34(53)12-4-20-2-8-24(45)28(49)14-20)59-40(54)37-35(21-5-9-25(46)29(50)15-21)36(38(37)41(55)61-43)22-6-10-26(47)30(51)16-22/h1-16,31-32,35-39,44-51H,17-18H2,(H,56,57)/b11-3+,12-4+/t31-,32-,35-,36+,37+,38-,39-,43-/m1/s1. The highest BCUT2D eigenvalue weighted by molar-refractivity contribution is 5.92. The summed E-state index contributed by atoms with van der Waals surface area (Å²) in [4.78, 5) is 68.8. The van der Waals surface area contributed by atoms with Crippen molar-refractivity contribution >= 4 is 42.0 Å². The lowest BCUT2D eigenvalue weighted by molar-refractivity contribution is -0.218. The third-order valence-corrected chi connectivity index (χ3v) is 11.0. The Labute approximate surface area is 344 Å². The zero-order valence-electron chi connectivity index (χ0n) is 31.4. The van der Waals surface area contributed by atoms with Crippen LogP contribution in [0.4, 0.5) is 0 Å². The van der Waals surface area contributed by atoms with Crippen molar-refractivity contribution in [3.63, 3.8) is 0 Å². The van der Waals surface area contributed by atoms with Crippen molar-refractivity contribution in [2.45, 2.75) is 48.6 Å². The second-order valence-electron chi connectivity index (χ2n) is 14.7. The van der Waals surface area contributed by atoms with Crippen molar-refractivity contribution < 1.29 is 88.9 Å². The molecule has 0 radical (unpaired) electrons. The molecule has 316 valence electrons. The number of hydrogen-bond donors (Lipinski definition) is 9. The molecule has 18 heteroatoms. The monoisotopic (exact) mass is 840 g/mol. The number of benzene rings is 4. The summed E-state index contributed by atoms with van der Waals surface area (Å²) in [6.45, 7) is 0. The molecule has 61 heavy (non-hydrogen) atoms. The minimum Gasteiger partial charge on any atom is -0.504 e. The van der Waals surface area contributed by atoms with Gasteiger partial charge in [0.05, 0.1) is 11.8 Å². The van der Waals surface area contributed by atoms with Gasteiger partial charge in [-0.1, -0.05) is 24.3 Å². The van der Waals surface area contributed by atoms with E-state index in [4.69, 9.17) is 18.9 Å². The van der Waals surface area contributed by atoms with Crippen LogP contribution in [0.2, 0.25) is 0 Å². The van der Waals surface area contributed by atoms with Crippen LogP contribution in [-0.2, 0) is 42.9 Å². The largest absolute Gasteiger partial charge is 0.504 e. The molecule has 18 nitrogen and oxygen atoms in total. The summed E-state index contributed by atoms with van der Waals surface area (Å²) in [5.74, 6) is -15.6. The molecule has 0 spiro atoms. The summed E-state index contributed by atoms with van der Waals surface area (Å²) in [5, 5.41) is 90.7. The van der Waals surface area contributed by atoms with E-state index in [1.165, 1.54) is 36.4 Å². The van der Waals surface area contributed by atoms with Crippen LogP contribution in [0.3, 0.4) is 0 Å². The van der Waals surface area contributed by atoms with Gasteiger partial charge in [-0.3, -0.25) is 9.59 Å². The van der Waals surface area contributed by atoms with Crippen molar-refractivity contribution in [1.82, 2.24) is 0 Å². The van der Waals surface area contributed by atoms with Crippen molar-refractivity contribution in [3.05, 3.63) is 107 Å². The van der Waals surface area contributed by atoms with Crippen LogP contribution in [0.5, 0.6) is 46.0 Å². The first-order valence-corrected chi connectivity index (χ1v) is 18.5. The SMILES string of the molecule is O=C(/C=C/c1ccc(O)c(O)c1)O[C@@H]1[C@H](OC(=O)/C=C/c2ccc(O)c(O)c2)C[C@]2(C(=O)O)C[C@H]1OC(=O)[C@@H]1[C@H](C(=O)O2)[C@@H](c2ccc(O)c(O)c2)[C@H]1c1ccc(O)c(O)c1. The van der Waals surface area contributed by atoms with Crippen LogP contribution in [0, 0.1) is 11.8 Å². The van der Waals surface area contributed by atoms with E-state index < -0.39 is 136 Å². The normalized spacial score (nSPS) is 25.8. The van der Waals surface area contributed by atoms with Gasteiger partial charge in [0.15, 0.2) is 52.1 Å². The van der Waals surface area contributed by atoms with E-state index in [9.17, 15) is 69.9 Å². The molecule has 0 aromatic heterocycles. The zero-order chi connectivity index (χ0) is 43.9. The molecule has 0 amide bonds. The molecule has 1 heterocycles. The summed E-state index contributed by atoms with van der Waals surface area (Å²) in [5.41, 5.74) is -1.75. The molecule has 4 aromatic rings. The van der Waals surface area contributed by atoms with Gasteiger partial charge in [-0.2, -0.15) is 0 Å². The molecule has 1 saturated heterocycles. The number of carboxylic acids is 1. The first-order chi connectivity index (χ1) is 28.9. The molecule has 2 saturated carbocycles. The summed E-state index contributed by atoms with van der Waals surface area (Å²) in [6.07, 6.45) is -2.83. The number of aliphatic carboxylic acids is 1. The lowest BCUT2D eigenvalue weighted by Gasteiger charge is -2.49. The van der Waals surface area contributed by atoms with Crippen molar-refractivity contribution in [2.24, 2.45) is 11.8 Å². The highest BCUT2D eigenvalue weighted by Crippen LogP contribution is 2.61. The fourth-order valence-electron chi connectivity index (χ4n) is 8.00. The Morgan fingerprint density at radius 1 is 0.557 bits per heavy atom. The minimum absolute atomic E-state index is 0.187. The number of phenolic OH excluding ortho intramolecular Hbond substituents is 8. The van der Waals surface area contributed by atoms with Gasteiger partial charge < -0.3 is 64.9 Å². The number of carboxylic acid groups (broad SMARTS) is 1. The zero-order valence-corrected chi connectivity index (χ0v) is 31.4. The average molecular weight is 841 g/mol. The fraction of sp³-hybridized carbons (Fsp3) is 0.233. The lowest BCUT2D eigenvalue weighted by Crippen LogP contribution is -2.60. The molecule has 1 aliphatic heterocycles. The van der Waals surface area contributed by atoms with Crippen LogP contribution >= 0.6 is 0 Å². The van der Waals surface area contributed by atoms with Crippen molar-refractivity contribution in [1.29, 1.82) is 0 Å². The van der Waals surface area contributed by atoms with E-state index in [1.807, 2.05) is 0 Å². The minimum atomic E-state index is -2.58. The summed E-state index contributed by atoms with van der Waals surface area (Å²) in [7, 11) is 0. The maximum absolute atomic E-state index is 14.4. The van der Waals surface area contributed by atoms with Gasteiger partial charge in [0.1, 0.15) is 12.2 Å². The Morgan fingerprint density at radius 3 is 1.46 bits per heavy atom. The van der Waals surface area contributed by atoms with Gasteiger partial charge in [-0.15, -0.1) is 0 Å². The molecule has 4 aromatic carbocycles. The summed E-state index contributed by atoms with van der Waals surface area (Å²) in [6, 6.07) is 14.5. The van der Waals surface area contributed by atoms with E-state index in [1.54, 1.807) is 0 Å². The van der Waals surface area contributed by atoms with Crippen LogP contribution in [0.25, 0.3) is 12.2 Å². The van der Waals surface area contributed by atoms with Crippen LogP contribution in [0.15, 0.2) is 84.9 Å². The number of aromatic hydroxyl groups is 8. The van der Waals surface area contributed by atoms with Gasteiger partial charge in [0.2, 0.25) is 5.60 Å². The Morgan fingerprint density at radius 2 is 1.00 bits per heavy atom. The van der Waals surface area contributed by atoms with Gasteiger partial charge in [0, 0.05) is 36.8 Å². The van der Waals surface area contributed by atoms with E-state index in [-0.39, 0.29) is 22.3 Å². The highest BCUT2D eigenvalue weighted by Gasteiger charge is 2.65. The average Bonchev–Trinajstić information content (AvgIpc) is 3.21. The number of hydrogen-bond acceptors (Lipinski definition) is 17. The molecule has 3 fully saturated rings. The van der Waals surface area contributed by atoms with Crippen LogP contribution in [0.1, 0.15) is 46.9 Å². The summed E-state index contributed by atoms with van der Waals surface area (Å²) >= 11 is 0. The third kappa shape index (κ3) is 8.10. The second kappa shape index (κ2) is 16.0. The number of fused-ring (bicyclic) bond motifs is 3. The Kier molecular flexibility index (Phi) is 10.9. The fourth-order valence-corrected chi connectivity index (χ4v) is 8.00. The number of ether oxygens (including phenoxy) is 4. The smallest absolute Gasteiger partial charge is 0.348 e. The molecule has 2 bridgehead atoms. The van der Waals surface area contributed by atoms with Crippen LogP contribution in [-0.4, -0.2) is 99.7 Å². The van der Waals surface area contributed by atoms with E-state index in [2.05, 4.69) is 0 Å². The predicted molar refractivity (Wildman–Crippen MR) is 205 cm³/mol. The Balaban J connectivity index is 1.28. The first-order valence-electron chi connectivity index (χ1n) is 18.5. The molecule has 9 N–H and O–H groups in total. The predicted octanol–water partition coefficient (Wildman–Crippen LogP) is 3.78. The second-order valence-corrected chi connectivity index (χ2v) is 14.7. The molecule has 2 aliphatic carbocycles. The number of esters is 4. The van der Waals surface area contributed by atoms with E-state index >= 15 is 0 Å². The van der Waals surface area contributed by atoms with E-state index in [0.717, 1.165) is 60.7 Å². The third-order valence-electron chi connectivity index (χ3n) is 11.0. The quantitative estimate of drug-likeness (QED) is 0.0501. The molecule has 0 unspecified atom stereocenters. The lowest BCUT2D eigenvalue weighted by atomic mass is 9.52. The van der Waals surface area contributed by atoms with Gasteiger partial charge in [-0.05, 0) is 82.9 Å². The Hall–Kier alpha value is -7.89. The number of rotatable bonds is 9. The van der Waals surface area contributed by atoms with Gasteiger partial charge in [-0.25, -0.2) is 14.4 Å². The number of carbonyl (C=O) groups excluding carboxylic acids is 4. The van der Waals surface area contributed by atoms with E-state index in [0.29, 0.717) is 0 Å². The first kappa shape index (κ1) is 41.3.